The van der Waals surface area contributed by atoms with Crippen LogP contribution in [-0.4, -0.2) is 35.8 Å². The standard InChI is InChI=1S/C20H27F2N3O2Si/c1-19(2,3)28(4,5)27-13-15-7-6-8-16(24-15)17-9-10-23-18(25-17)26-12-14-11-20(14,21)22/h6-10,14H,11-13H2,1-5H3/t14-/m1/s1. The lowest BCUT2D eigenvalue weighted by Gasteiger charge is -2.36. The molecule has 2 aromatic rings. The van der Waals surface area contributed by atoms with Crippen molar-refractivity contribution in [1.29, 1.82) is 0 Å². The van der Waals surface area contributed by atoms with E-state index < -0.39 is 20.2 Å². The summed E-state index contributed by atoms with van der Waals surface area (Å²) in [7, 11) is -1.87. The molecule has 0 aromatic carbocycles. The molecule has 8 heteroatoms. The molecule has 1 fully saturated rings. The highest BCUT2D eigenvalue weighted by atomic mass is 28.4. The molecule has 3 rings (SSSR count). The monoisotopic (exact) mass is 407 g/mol. The highest BCUT2D eigenvalue weighted by Gasteiger charge is 2.57. The Morgan fingerprint density at radius 1 is 1.14 bits per heavy atom. The topological polar surface area (TPSA) is 57.1 Å². The Morgan fingerprint density at radius 3 is 2.46 bits per heavy atom. The number of nitrogens with zero attached hydrogens (tertiary/aromatic N) is 3. The third kappa shape index (κ3) is 4.91. The molecule has 1 atom stereocenters. The van der Waals surface area contributed by atoms with Crippen LogP contribution in [0.1, 0.15) is 32.9 Å². The van der Waals surface area contributed by atoms with Crippen molar-refractivity contribution in [3.8, 4) is 17.4 Å². The first-order valence-corrected chi connectivity index (χ1v) is 12.3. The van der Waals surface area contributed by atoms with Crippen LogP contribution in [0.5, 0.6) is 6.01 Å². The third-order valence-electron chi connectivity index (χ3n) is 5.46. The molecule has 0 spiro atoms. The fraction of sp³-hybridized carbons (Fsp3) is 0.550. The molecule has 0 saturated heterocycles. The van der Waals surface area contributed by atoms with Crippen LogP contribution in [0.25, 0.3) is 11.4 Å². The molecule has 1 aliphatic rings. The molecule has 5 nitrogen and oxygen atoms in total. The number of aromatic nitrogens is 3. The van der Waals surface area contributed by atoms with E-state index in [9.17, 15) is 8.78 Å². The summed E-state index contributed by atoms with van der Waals surface area (Å²) in [6.07, 6.45) is 1.41. The van der Waals surface area contributed by atoms with Gasteiger partial charge in [0.25, 0.3) is 5.92 Å². The van der Waals surface area contributed by atoms with Crippen LogP contribution in [0.4, 0.5) is 8.78 Å². The molecule has 0 N–H and O–H groups in total. The van der Waals surface area contributed by atoms with Crippen LogP contribution in [0.3, 0.4) is 0 Å². The number of ether oxygens (including phenoxy) is 1. The van der Waals surface area contributed by atoms with Crippen LogP contribution in [-0.2, 0) is 11.0 Å². The number of alkyl halides is 2. The van der Waals surface area contributed by atoms with Crippen molar-refractivity contribution in [1.82, 2.24) is 15.0 Å². The second-order valence-electron chi connectivity index (χ2n) is 8.76. The van der Waals surface area contributed by atoms with E-state index in [0.29, 0.717) is 18.0 Å². The van der Waals surface area contributed by atoms with Crippen molar-refractivity contribution in [2.75, 3.05) is 6.61 Å². The zero-order valence-electron chi connectivity index (χ0n) is 17.0. The van der Waals surface area contributed by atoms with E-state index in [1.54, 1.807) is 12.3 Å². The van der Waals surface area contributed by atoms with Gasteiger partial charge in [-0.05, 0) is 36.3 Å². The lowest BCUT2D eigenvalue weighted by atomic mass is 10.2. The van der Waals surface area contributed by atoms with Gasteiger partial charge in [0.15, 0.2) is 8.32 Å². The first-order valence-electron chi connectivity index (χ1n) is 9.42. The number of halogens is 2. The van der Waals surface area contributed by atoms with Gasteiger partial charge in [0.2, 0.25) is 0 Å². The predicted molar refractivity (Wildman–Crippen MR) is 106 cm³/mol. The maximum absolute atomic E-state index is 13.0. The molecule has 2 aromatic heterocycles. The molecule has 0 radical (unpaired) electrons. The predicted octanol–water partition coefficient (Wildman–Crippen LogP) is 5.09. The zero-order valence-corrected chi connectivity index (χ0v) is 18.0. The average molecular weight is 408 g/mol. The number of hydrogen-bond acceptors (Lipinski definition) is 5. The summed E-state index contributed by atoms with van der Waals surface area (Å²) in [6.45, 7) is 11.4. The van der Waals surface area contributed by atoms with Crippen molar-refractivity contribution in [2.45, 2.75) is 57.9 Å². The van der Waals surface area contributed by atoms with Crippen molar-refractivity contribution in [3.05, 3.63) is 36.2 Å². The second kappa shape index (κ2) is 7.48. The summed E-state index contributed by atoms with van der Waals surface area (Å²) in [5.41, 5.74) is 2.07. The Morgan fingerprint density at radius 2 is 1.82 bits per heavy atom. The van der Waals surface area contributed by atoms with Crippen LogP contribution in [0.2, 0.25) is 18.1 Å². The summed E-state index contributed by atoms with van der Waals surface area (Å²) >= 11 is 0. The second-order valence-corrected chi connectivity index (χ2v) is 13.6. The Labute approximate surface area is 165 Å². The van der Waals surface area contributed by atoms with E-state index in [4.69, 9.17) is 9.16 Å². The molecule has 28 heavy (non-hydrogen) atoms. The quantitative estimate of drug-likeness (QED) is 0.598. The number of rotatable bonds is 7. The Bertz CT molecular complexity index is 840. The fourth-order valence-electron chi connectivity index (χ4n) is 2.35. The third-order valence-corrected chi connectivity index (χ3v) is 9.94. The molecule has 0 amide bonds. The molecule has 0 unspecified atom stereocenters. The van der Waals surface area contributed by atoms with E-state index in [2.05, 4.69) is 48.8 Å². The smallest absolute Gasteiger partial charge is 0.316 e. The maximum Gasteiger partial charge on any atom is 0.316 e. The van der Waals surface area contributed by atoms with Gasteiger partial charge >= 0.3 is 6.01 Å². The van der Waals surface area contributed by atoms with Crippen LogP contribution >= 0.6 is 0 Å². The van der Waals surface area contributed by atoms with Crippen molar-refractivity contribution >= 4 is 8.32 Å². The summed E-state index contributed by atoms with van der Waals surface area (Å²) in [5.74, 6) is -3.36. The molecule has 1 saturated carbocycles. The normalized spacial score (nSPS) is 18.8. The lowest BCUT2D eigenvalue weighted by molar-refractivity contribution is 0.0842. The van der Waals surface area contributed by atoms with Gasteiger partial charge in [-0.2, -0.15) is 4.98 Å². The van der Waals surface area contributed by atoms with E-state index in [1.165, 1.54) is 0 Å². The van der Waals surface area contributed by atoms with Crippen LogP contribution in [0.15, 0.2) is 30.5 Å². The van der Waals surface area contributed by atoms with E-state index in [1.807, 2.05) is 18.2 Å². The average Bonchev–Trinajstić information content (AvgIpc) is 3.25. The summed E-state index contributed by atoms with van der Waals surface area (Å²) in [6, 6.07) is 7.48. The van der Waals surface area contributed by atoms with E-state index in [0.717, 1.165) is 5.69 Å². The molecule has 1 aliphatic carbocycles. The minimum atomic E-state index is -2.61. The Hall–Kier alpha value is -1.93. The van der Waals surface area contributed by atoms with Gasteiger partial charge in [-0.25, -0.2) is 18.7 Å². The van der Waals surface area contributed by atoms with Crippen LogP contribution in [0, 0.1) is 5.92 Å². The largest absolute Gasteiger partial charge is 0.463 e. The van der Waals surface area contributed by atoms with Gasteiger partial charge < -0.3 is 9.16 Å². The molecular formula is C20H27F2N3O2Si. The lowest BCUT2D eigenvalue weighted by Crippen LogP contribution is -2.40. The van der Waals surface area contributed by atoms with Gasteiger partial charge in [0.1, 0.15) is 6.61 Å². The Balaban J connectivity index is 1.67. The van der Waals surface area contributed by atoms with Crippen molar-refractivity contribution in [2.24, 2.45) is 5.92 Å². The highest BCUT2D eigenvalue weighted by Crippen LogP contribution is 2.48. The first kappa shape index (κ1) is 20.8. The summed E-state index contributed by atoms with van der Waals surface area (Å²) in [4.78, 5) is 12.9. The number of hydrogen-bond donors (Lipinski definition) is 0. The number of pyridine rings is 1. The van der Waals surface area contributed by atoms with Crippen molar-refractivity contribution in [3.63, 3.8) is 0 Å². The first-order chi connectivity index (χ1) is 13.0. The summed E-state index contributed by atoms with van der Waals surface area (Å²) < 4.78 is 37.5. The SMILES string of the molecule is CC(C)(C)[Si](C)(C)OCc1cccc(-c2ccnc(OC[C@H]3CC3(F)F)n2)n1. The van der Waals surface area contributed by atoms with E-state index >= 15 is 0 Å². The molecule has 0 bridgehead atoms. The minimum absolute atomic E-state index is 0.0791. The van der Waals surface area contributed by atoms with Crippen molar-refractivity contribution < 1.29 is 17.9 Å². The molecule has 152 valence electrons. The fourth-order valence-corrected chi connectivity index (χ4v) is 3.29. The highest BCUT2D eigenvalue weighted by molar-refractivity contribution is 6.74. The van der Waals surface area contributed by atoms with Gasteiger partial charge in [0.05, 0.1) is 29.6 Å². The van der Waals surface area contributed by atoms with E-state index in [-0.39, 0.29) is 24.1 Å². The molecule has 2 heterocycles. The summed E-state index contributed by atoms with van der Waals surface area (Å²) in [5, 5.41) is 0.127. The molecular weight excluding hydrogens is 380 g/mol. The van der Waals surface area contributed by atoms with Gasteiger partial charge in [-0.1, -0.05) is 26.8 Å². The minimum Gasteiger partial charge on any atom is -0.463 e. The van der Waals surface area contributed by atoms with Gasteiger partial charge in [-0.3, -0.25) is 0 Å². The maximum atomic E-state index is 13.0. The van der Waals surface area contributed by atoms with Crippen LogP contribution < -0.4 is 4.74 Å². The van der Waals surface area contributed by atoms with Gasteiger partial charge in [0, 0.05) is 12.6 Å². The Kier molecular flexibility index (Phi) is 5.55. The zero-order chi connectivity index (χ0) is 20.6. The van der Waals surface area contributed by atoms with Gasteiger partial charge in [-0.15, -0.1) is 0 Å². The molecule has 0 aliphatic heterocycles.